The average Bonchev–Trinajstić information content (AvgIpc) is 2.89. The van der Waals surface area contributed by atoms with Gasteiger partial charge in [0.05, 0.1) is 18.6 Å². The number of amides is 1. The number of ether oxygens (including phenoxy) is 2. The van der Waals surface area contributed by atoms with Crippen LogP contribution >= 0.6 is 0 Å². The maximum Gasteiger partial charge on any atom is 0.326 e. The van der Waals surface area contributed by atoms with E-state index in [2.05, 4.69) is 43.4 Å². The van der Waals surface area contributed by atoms with Crippen LogP contribution in [0.2, 0.25) is 0 Å². The van der Waals surface area contributed by atoms with Gasteiger partial charge in [-0.05, 0) is 55.5 Å². The van der Waals surface area contributed by atoms with Gasteiger partial charge in [-0.2, -0.15) is 0 Å². The van der Waals surface area contributed by atoms with Crippen molar-refractivity contribution in [3.05, 3.63) is 90.0 Å². The average molecular weight is 500 g/mol. The lowest BCUT2D eigenvalue weighted by Crippen LogP contribution is -2.49. The smallest absolute Gasteiger partial charge is 0.326 e. The van der Waals surface area contributed by atoms with Crippen LogP contribution < -0.4 is 10.1 Å². The van der Waals surface area contributed by atoms with Crippen molar-refractivity contribution in [1.29, 1.82) is 0 Å². The van der Waals surface area contributed by atoms with Gasteiger partial charge < -0.3 is 19.9 Å². The summed E-state index contributed by atoms with van der Waals surface area (Å²) >= 11 is 0. The van der Waals surface area contributed by atoms with E-state index in [4.69, 9.17) is 9.47 Å². The van der Waals surface area contributed by atoms with Crippen LogP contribution in [-0.2, 0) is 20.7 Å². The summed E-state index contributed by atoms with van der Waals surface area (Å²) in [6.45, 7) is 4.19. The molecule has 3 aromatic carbocycles. The number of nitrogens with one attached hydrogen (secondary N) is 1. The predicted molar refractivity (Wildman–Crippen MR) is 141 cm³/mol. The molecule has 5 rings (SSSR count). The van der Waals surface area contributed by atoms with Crippen LogP contribution in [0, 0.1) is 5.92 Å². The SMILES string of the molecule is CC1(C)Oc2ccc(-c3ccccc3)cc2[C@H]2O[C@@H](CC(=O)N[C@@H](Cc3ccccc3)C(=O)O)CC[C@@H]21. The molecule has 0 aliphatic carbocycles. The summed E-state index contributed by atoms with van der Waals surface area (Å²) in [5.74, 6) is -0.397. The molecule has 1 fully saturated rings. The fraction of sp³-hybridized carbons (Fsp3) is 0.355. The zero-order valence-corrected chi connectivity index (χ0v) is 21.2. The number of benzene rings is 3. The maximum atomic E-state index is 12.9. The summed E-state index contributed by atoms with van der Waals surface area (Å²) in [4.78, 5) is 24.7. The first-order valence-corrected chi connectivity index (χ1v) is 12.9. The monoisotopic (exact) mass is 499 g/mol. The van der Waals surface area contributed by atoms with Crippen LogP contribution in [-0.4, -0.2) is 34.7 Å². The first-order valence-electron chi connectivity index (χ1n) is 12.9. The van der Waals surface area contributed by atoms with Crippen molar-refractivity contribution >= 4 is 11.9 Å². The van der Waals surface area contributed by atoms with Gasteiger partial charge in [0, 0.05) is 17.9 Å². The molecule has 2 aliphatic rings. The van der Waals surface area contributed by atoms with Crippen LogP contribution in [0.25, 0.3) is 11.1 Å². The molecule has 6 nitrogen and oxygen atoms in total. The molecule has 0 radical (unpaired) electrons. The number of carboxylic acids is 1. The topological polar surface area (TPSA) is 84.9 Å². The van der Waals surface area contributed by atoms with E-state index in [-0.39, 0.29) is 36.9 Å². The van der Waals surface area contributed by atoms with Crippen LogP contribution in [0.1, 0.15) is 50.3 Å². The van der Waals surface area contributed by atoms with E-state index in [1.807, 2.05) is 54.6 Å². The third-order valence-corrected chi connectivity index (χ3v) is 7.52. The number of fused-ring (bicyclic) bond motifs is 3. The molecule has 0 unspecified atom stereocenters. The van der Waals surface area contributed by atoms with Crippen molar-refractivity contribution in [2.24, 2.45) is 5.92 Å². The number of hydrogen-bond acceptors (Lipinski definition) is 4. The third kappa shape index (κ3) is 5.54. The van der Waals surface area contributed by atoms with Crippen molar-refractivity contribution in [3.8, 4) is 16.9 Å². The zero-order valence-electron chi connectivity index (χ0n) is 21.2. The number of rotatable bonds is 7. The van der Waals surface area contributed by atoms with Crippen LogP contribution in [0.3, 0.4) is 0 Å². The molecule has 192 valence electrons. The lowest BCUT2D eigenvalue weighted by Gasteiger charge is -2.48. The van der Waals surface area contributed by atoms with E-state index in [1.54, 1.807) is 0 Å². The molecule has 0 bridgehead atoms. The van der Waals surface area contributed by atoms with Gasteiger partial charge >= 0.3 is 5.97 Å². The van der Waals surface area contributed by atoms with Crippen LogP contribution in [0.4, 0.5) is 0 Å². The number of carbonyl (C=O) groups excluding carboxylic acids is 1. The molecular formula is C31H33NO5. The minimum atomic E-state index is -1.05. The Balaban J connectivity index is 1.31. The van der Waals surface area contributed by atoms with E-state index in [1.165, 1.54) is 0 Å². The molecule has 4 atom stereocenters. The summed E-state index contributed by atoms with van der Waals surface area (Å²) in [5.41, 5.74) is 3.68. The second-order valence-corrected chi connectivity index (χ2v) is 10.5. The minimum Gasteiger partial charge on any atom is -0.487 e. The van der Waals surface area contributed by atoms with Gasteiger partial charge in [0.25, 0.3) is 0 Å². The highest BCUT2D eigenvalue weighted by Crippen LogP contribution is 2.51. The van der Waals surface area contributed by atoms with E-state index in [0.29, 0.717) is 6.42 Å². The van der Waals surface area contributed by atoms with Gasteiger partial charge in [0.1, 0.15) is 17.4 Å². The quantitative estimate of drug-likeness (QED) is 0.444. The molecule has 0 spiro atoms. The Labute approximate surface area is 217 Å². The standard InChI is InChI=1S/C31H33NO5/c1-31(2)25-15-14-23(19-28(33)32-26(30(34)35)17-20-9-5-3-6-10-20)36-29(25)24-18-22(13-16-27(24)37-31)21-11-7-4-8-12-21/h3-13,16,18,23,25-26,29H,14-15,17,19H2,1-2H3,(H,32,33)(H,34,35)/t23-,25+,26+,29-/m1/s1. The lowest BCUT2D eigenvalue weighted by molar-refractivity contribution is -0.157. The summed E-state index contributed by atoms with van der Waals surface area (Å²) in [6, 6.07) is 24.7. The Morgan fingerprint density at radius 1 is 0.973 bits per heavy atom. The van der Waals surface area contributed by atoms with E-state index in [0.717, 1.165) is 34.4 Å². The zero-order chi connectivity index (χ0) is 26.0. The molecule has 2 aliphatic heterocycles. The molecule has 2 N–H and O–H groups in total. The predicted octanol–water partition coefficient (Wildman–Crippen LogP) is 5.56. The maximum absolute atomic E-state index is 12.9. The first-order chi connectivity index (χ1) is 17.8. The fourth-order valence-corrected chi connectivity index (χ4v) is 5.58. The minimum absolute atomic E-state index is 0.122. The number of carboxylic acid groups (broad SMARTS) is 1. The third-order valence-electron chi connectivity index (χ3n) is 7.52. The Hall–Kier alpha value is -3.64. The molecule has 2 heterocycles. The van der Waals surface area contributed by atoms with Crippen molar-refractivity contribution in [1.82, 2.24) is 5.32 Å². The number of aliphatic carboxylic acids is 1. The molecular weight excluding hydrogens is 466 g/mol. The summed E-state index contributed by atoms with van der Waals surface area (Å²) < 4.78 is 13.0. The highest BCUT2D eigenvalue weighted by molar-refractivity contribution is 5.84. The lowest BCUT2D eigenvalue weighted by atomic mass is 9.74. The molecule has 6 heteroatoms. The van der Waals surface area contributed by atoms with Crippen molar-refractivity contribution in [2.75, 3.05) is 0 Å². The number of hydrogen-bond donors (Lipinski definition) is 2. The summed E-state index contributed by atoms with van der Waals surface area (Å²) in [5, 5.41) is 12.4. The normalized spacial score (nSPS) is 22.6. The Morgan fingerprint density at radius 3 is 2.38 bits per heavy atom. The van der Waals surface area contributed by atoms with E-state index in [9.17, 15) is 14.7 Å². The Bertz CT molecular complexity index is 1260. The van der Waals surface area contributed by atoms with Crippen molar-refractivity contribution in [2.45, 2.75) is 63.4 Å². The molecule has 3 aromatic rings. The molecule has 0 saturated carbocycles. The van der Waals surface area contributed by atoms with Gasteiger partial charge in [-0.15, -0.1) is 0 Å². The largest absolute Gasteiger partial charge is 0.487 e. The Kier molecular flexibility index (Phi) is 7.02. The summed E-state index contributed by atoms with van der Waals surface area (Å²) in [7, 11) is 0. The summed E-state index contributed by atoms with van der Waals surface area (Å²) in [6.07, 6.45) is 1.43. The fourth-order valence-electron chi connectivity index (χ4n) is 5.58. The second kappa shape index (κ2) is 10.4. The molecule has 0 aromatic heterocycles. The molecule has 37 heavy (non-hydrogen) atoms. The van der Waals surface area contributed by atoms with Crippen LogP contribution in [0.5, 0.6) is 5.75 Å². The van der Waals surface area contributed by atoms with E-state index >= 15 is 0 Å². The highest BCUT2D eigenvalue weighted by atomic mass is 16.5. The Morgan fingerprint density at radius 2 is 1.68 bits per heavy atom. The van der Waals surface area contributed by atoms with Crippen molar-refractivity contribution in [3.63, 3.8) is 0 Å². The van der Waals surface area contributed by atoms with Crippen molar-refractivity contribution < 1.29 is 24.2 Å². The van der Waals surface area contributed by atoms with Gasteiger partial charge in [-0.1, -0.05) is 66.7 Å². The first kappa shape index (κ1) is 25.0. The molecule has 1 saturated heterocycles. The van der Waals surface area contributed by atoms with Gasteiger partial charge in [0.2, 0.25) is 5.91 Å². The van der Waals surface area contributed by atoms with Gasteiger partial charge in [-0.25, -0.2) is 4.79 Å². The number of carbonyl (C=O) groups is 2. The van der Waals surface area contributed by atoms with Crippen LogP contribution in [0.15, 0.2) is 78.9 Å². The van der Waals surface area contributed by atoms with Gasteiger partial charge in [-0.3, -0.25) is 4.79 Å². The van der Waals surface area contributed by atoms with E-state index < -0.39 is 17.6 Å². The second-order valence-electron chi connectivity index (χ2n) is 10.5. The molecule has 1 amide bonds. The van der Waals surface area contributed by atoms with Gasteiger partial charge in [0.15, 0.2) is 0 Å². The highest BCUT2D eigenvalue weighted by Gasteiger charge is 2.47.